The lowest BCUT2D eigenvalue weighted by molar-refractivity contribution is 0.310. The SMILES string of the molecule is CN1CCN(c2nc3nc(Cl)nc(Cl)c3n2C)CC1. The number of halogens is 2. The molecule has 2 aromatic heterocycles. The van der Waals surface area contributed by atoms with Gasteiger partial charge in [0.15, 0.2) is 10.8 Å². The Morgan fingerprint density at radius 1 is 0.947 bits per heavy atom. The first-order valence-electron chi connectivity index (χ1n) is 6.05. The van der Waals surface area contributed by atoms with Crippen molar-refractivity contribution in [3.63, 3.8) is 0 Å². The van der Waals surface area contributed by atoms with Crippen LogP contribution in [0.5, 0.6) is 0 Å². The molecule has 1 aliphatic rings. The van der Waals surface area contributed by atoms with E-state index in [4.69, 9.17) is 23.2 Å². The van der Waals surface area contributed by atoms with Gasteiger partial charge >= 0.3 is 0 Å². The molecule has 0 radical (unpaired) electrons. The Labute approximate surface area is 121 Å². The molecule has 3 heterocycles. The molecule has 1 saturated heterocycles. The maximum Gasteiger partial charge on any atom is 0.225 e. The molecule has 0 aliphatic carbocycles. The largest absolute Gasteiger partial charge is 0.340 e. The Morgan fingerprint density at radius 2 is 1.63 bits per heavy atom. The molecule has 0 atom stereocenters. The number of fused-ring (bicyclic) bond motifs is 1. The summed E-state index contributed by atoms with van der Waals surface area (Å²) in [5.41, 5.74) is 1.27. The lowest BCUT2D eigenvalue weighted by atomic mass is 10.3. The van der Waals surface area contributed by atoms with Gasteiger partial charge in [0.25, 0.3) is 0 Å². The van der Waals surface area contributed by atoms with Crippen molar-refractivity contribution in [3.8, 4) is 0 Å². The summed E-state index contributed by atoms with van der Waals surface area (Å²) in [5.74, 6) is 0.863. The zero-order chi connectivity index (χ0) is 13.6. The fourth-order valence-corrected chi connectivity index (χ4v) is 2.82. The van der Waals surface area contributed by atoms with E-state index in [1.165, 1.54) is 0 Å². The molecule has 1 fully saturated rings. The molecule has 3 rings (SSSR count). The standard InChI is InChI=1S/C11H14Cl2N6/c1-17-3-5-19(6-4-17)11-16-9-7(18(11)2)8(12)14-10(13)15-9/h3-6H2,1-2H3. The number of likely N-dealkylation sites (N-methyl/N-ethyl adjacent to an activating group) is 1. The Kier molecular flexibility index (Phi) is 3.24. The minimum absolute atomic E-state index is 0.125. The summed E-state index contributed by atoms with van der Waals surface area (Å²) >= 11 is 11.9. The molecule has 0 spiro atoms. The molecule has 102 valence electrons. The van der Waals surface area contributed by atoms with E-state index in [9.17, 15) is 0 Å². The van der Waals surface area contributed by atoms with Crippen molar-refractivity contribution in [3.05, 3.63) is 10.4 Å². The quantitative estimate of drug-likeness (QED) is 0.589. The third-order valence-corrected chi connectivity index (χ3v) is 3.86. The summed E-state index contributed by atoms with van der Waals surface area (Å²) in [6, 6.07) is 0. The van der Waals surface area contributed by atoms with Crippen LogP contribution < -0.4 is 4.90 Å². The fraction of sp³-hybridized carbons (Fsp3) is 0.545. The number of anilines is 1. The van der Waals surface area contributed by atoms with Crippen LogP contribution in [0.3, 0.4) is 0 Å². The molecule has 0 bridgehead atoms. The summed E-state index contributed by atoms with van der Waals surface area (Å²) in [6.45, 7) is 3.91. The fourth-order valence-electron chi connectivity index (χ4n) is 2.32. The van der Waals surface area contributed by atoms with E-state index in [1.54, 1.807) is 0 Å². The molecule has 19 heavy (non-hydrogen) atoms. The predicted molar refractivity (Wildman–Crippen MR) is 76.0 cm³/mol. The first-order valence-corrected chi connectivity index (χ1v) is 6.81. The van der Waals surface area contributed by atoms with Crippen molar-refractivity contribution in [2.45, 2.75) is 0 Å². The highest BCUT2D eigenvalue weighted by Gasteiger charge is 2.21. The van der Waals surface area contributed by atoms with Crippen LogP contribution in [0.1, 0.15) is 0 Å². The average molecular weight is 301 g/mol. The van der Waals surface area contributed by atoms with Crippen molar-refractivity contribution in [1.29, 1.82) is 0 Å². The monoisotopic (exact) mass is 300 g/mol. The van der Waals surface area contributed by atoms with Gasteiger partial charge in [-0.15, -0.1) is 0 Å². The van der Waals surface area contributed by atoms with Crippen LogP contribution in [0.2, 0.25) is 10.4 Å². The number of imidazole rings is 1. The van der Waals surface area contributed by atoms with E-state index >= 15 is 0 Å². The minimum atomic E-state index is 0.125. The lowest BCUT2D eigenvalue weighted by Crippen LogP contribution is -2.45. The van der Waals surface area contributed by atoms with Gasteiger partial charge in [-0.2, -0.15) is 9.97 Å². The Hall–Kier alpha value is -1.11. The molecule has 0 N–H and O–H groups in total. The van der Waals surface area contributed by atoms with E-state index in [1.807, 2.05) is 11.6 Å². The van der Waals surface area contributed by atoms with Gasteiger partial charge < -0.3 is 14.4 Å². The molecule has 0 amide bonds. The summed E-state index contributed by atoms with van der Waals surface area (Å²) < 4.78 is 1.93. The van der Waals surface area contributed by atoms with Gasteiger partial charge in [-0.05, 0) is 18.6 Å². The van der Waals surface area contributed by atoms with E-state index in [2.05, 4.69) is 31.8 Å². The number of hydrogen-bond acceptors (Lipinski definition) is 5. The van der Waals surface area contributed by atoms with Crippen LogP contribution >= 0.6 is 23.2 Å². The number of aromatic nitrogens is 4. The minimum Gasteiger partial charge on any atom is -0.340 e. The number of aryl methyl sites for hydroxylation is 1. The van der Waals surface area contributed by atoms with Gasteiger partial charge in [0.05, 0.1) is 0 Å². The van der Waals surface area contributed by atoms with Crippen LogP contribution in [0.15, 0.2) is 0 Å². The van der Waals surface area contributed by atoms with E-state index in [0.29, 0.717) is 10.8 Å². The average Bonchev–Trinajstić information content (AvgIpc) is 2.67. The second-order valence-corrected chi connectivity index (χ2v) is 5.41. The maximum absolute atomic E-state index is 6.12. The highest BCUT2D eigenvalue weighted by atomic mass is 35.5. The highest BCUT2D eigenvalue weighted by molar-refractivity contribution is 6.35. The Bertz CT molecular complexity index is 617. The molecule has 8 heteroatoms. The van der Waals surface area contributed by atoms with Gasteiger partial charge in [-0.25, -0.2) is 4.98 Å². The normalized spacial score (nSPS) is 17.4. The summed E-state index contributed by atoms with van der Waals surface area (Å²) in [7, 11) is 4.04. The van der Waals surface area contributed by atoms with Crippen LogP contribution in [0.25, 0.3) is 11.2 Å². The van der Waals surface area contributed by atoms with Gasteiger partial charge in [-0.1, -0.05) is 11.6 Å². The van der Waals surface area contributed by atoms with Gasteiger partial charge in [0.2, 0.25) is 11.2 Å². The zero-order valence-corrected chi connectivity index (χ0v) is 12.3. The lowest BCUT2D eigenvalue weighted by Gasteiger charge is -2.32. The number of rotatable bonds is 1. The molecule has 6 nitrogen and oxygen atoms in total. The molecule has 1 aliphatic heterocycles. The molecular formula is C11H14Cl2N6. The molecular weight excluding hydrogens is 287 g/mol. The molecule has 0 unspecified atom stereocenters. The summed E-state index contributed by atoms with van der Waals surface area (Å²) in [5, 5.41) is 0.464. The van der Waals surface area contributed by atoms with Crippen LogP contribution in [-0.2, 0) is 7.05 Å². The smallest absolute Gasteiger partial charge is 0.225 e. The Balaban J connectivity index is 2.05. The third-order valence-electron chi connectivity index (χ3n) is 3.42. The maximum atomic E-state index is 6.12. The van der Waals surface area contributed by atoms with Gasteiger partial charge in [0.1, 0.15) is 5.52 Å². The van der Waals surface area contributed by atoms with E-state index < -0.39 is 0 Å². The van der Waals surface area contributed by atoms with Gasteiger partial charge in [0, 0.05) is 33.2 Å². The second-order valence-electron chi connectivity index (χ2n) is 4.72. The number of piperazine rings is 1. The molecule has 0 aromatic carbocycles. The van der Waals surface area contributed by atoms with Crippen molar-refractivity contribution in [1.82, 2.24) is 24.4 Å². The second kappa shape index (κ2) is 4.77. The topological polar surface area (TPSA) is 50.1 Å². The first kappa shape index (κ1) is 12.9. The Morgan fingerprint density at radius 3 is 2.32 bits per heavy atom. The van der Waals surface area contributed by atoms with Crippen molar-refractivity contribution in [2.75, 3.05) is 38.1 Å². The molecule has 2 aromatic rings. The predicted octanol–water partition coefficient (Wildman–Crippen LogP) is 1.42. The van der Waals surface area contributed by atoms with E-state index in [0.717, 1.165) is 37.6 Å². The van der Waals surface area contributed by atoms with E-state index in [-0.39, 0.29) is 5.28 Å². The highest BCUT2D eigenvalue weighted by Crippen LogP contribution is 2.26. The first-order chi connectivity index (χ1) is 9.06. The van der Waals surface area contributed by atoms with Gasteiger partial charge in [-0.3, -0.25) is 0 Å². The number of nitrogens with zero attached hydrogens (tertiary/aromatic N) is 6. The van der Waals surface area contributed by atoms with Crippen molar-refractivity contribution in [2.24, 2.45) is 7.05 Å². The van der Waals surface area contributed by atoms with Crippen LogP contribution in [-0.4, -0.2) is 57.6 Å². The third kappa shape index (κ3) is 2.24. The molecule has 0 saturated carbocycles. The van der Waals surface area contributed by atoms with Crippen molar-refractivity contribution < 1.29 is 0 Å². The van der Waals surface area contributed by atoms with Crippen molar-refractivity contribution >= 4 is 40.3 Å². The zero-order valence-electron chi connectivity index (χ0n) is 10.8. The summed E-state index contributed by atoms with van der Waals surface area (Å²) in [4.78, 5) is 17.1. The van der Waals surface area contributed by atoms with Crippen LogP contribution in [0.4, 0.5) is 5.95 Å². The van der Waals surface area contributed by atoms with Crippen LogP contribution in [0, 0.1) is 0 Å². The summed E-state index contributed by atoms with van der Waals surface area (Å²) in [6.07, 6.45) is 0. The number of hydrogen-bond donors (Lipinski definition) is 0.